The van der Waals surface area contributed by atoms with Crippen molar-refractivity contribution in [2.24, 2.45) is 11.8 Å². The van der Waals surface area contributed by atoms with E-state index >= 15 is 0 Å². The van der Waals surface area contributed by atoms with Crippen LogP contribution in [0.2, 0.25) is 0 Å². The minimum absolute atomic E-state index is 0.190. The van der Waals surface area contributed by atoms with E-state index in [1.165, 1.54) is 45.1 Å². The molecule has 0 saturated heterocycles. The Labute approximate surface area is 135 Å². The quantitative estimate of drug-likeness (QED) is 0.687. The van der Waals surface area contributed by atoms with Gasteiger partial charge in [-0.2, -0.15) is 0 Å². The number of carboxylic acid groups (broad SMARTS) is 1. The van der Waals surface area contributed by atoms with Crippen LogP contribution in [0.1, 0.15) is 65.2 Å². The fraction of sp³-hybridized carbons (Fsp3) is 0.944. The average Bonchev–Trinajstić information content (AvgIpc) is 2.46. The molecule has 0 radical (unpaired) electrons. The molecule has 2 N–H and O–H groups in total. The van der Waals surface area contributed by atoms with E-state index in [1.54, 1.807) is 0 Å². The third kappa shape index (κ3) is 5.24. The first-order valence-electron chi connectivity index (χ1n) is 9.31. The van der Waals surface area contributed by atoms with Crippen molar-refractivity contribution in [2.75, 3.05) is 19.6 Å². The molecule has 128 valence electrons. The lowest BCUT2D eigenvalue weighted by Crippen LogP contribution is -2.54. The van der Waals surface area contributed by atoms with Gasteiger partial charge in [-0.25, -0.2) is 0 Å². The van der Waals surface area contributed by atoms with Crippen LogP contribution in [0.3, 0.4) is 0 Å². The summed E-state index contributed by atoms with van der Waals surface area (Å²) in [6.07, 6.45) is 10.6. The average molecular weight is 310 g/mol. The summed E-state index contributed by atoms with van der Waals surface area (Å²) in [5, 5.41) is 12.6. The smallest absolute Gasteiger partial charge is 0.317 e. The molecule has 2 aliphatic carbocycles. The van der Waals surface area contributed by atoms with Crippen molar-refractivity contribution < 1.29 is 9.90 Å². The molecule has 0 amide bonds. The molecule has 4 nitrogen and oxygen atoms in total. The van der Waals surface area contributed by atoms with Crippen LogP contribution in [0.15, 0.2) is 0 Å². The van der Waals surface area contributed by atoms with Gasteiger partial charge in [0.2, 0.25) is 0 Å². The third-order valence-electron chi connectivity index (χ3n) is 5.73. The molecule has 0 bridgehead atoms. The van der Waals surface area contributed by atoms with Crippen molar-refractivity contribution in [1.82, 2.24) is 10.2 Å². The molecule has 2 fully saturated rings. The molecule has 2 rings (SSSR count). The van der Waals surface area contributed by atoms with Crippen LogP contribution < -0.4 is 5.32 Å². The number of carboxylic acids is 1. The van der Waals surface area contributed by atoms with Crippen molar-refractivity contribution in [3.05, 3.63) is 0 Å². The largest absolute Gasteiger partial charge is 0.480 e. The Morgan fingerprint density at radius 2 is 1.77 bits per heavy atom. The van der Waals surface area contributed by atoms with E-state index in [9.17, 15) is 4.79 Å². The topological polar surface area (TPSA) is 52.6 Å². The first-order chi connectivity index (χ1) is 10.6. The molecule has 0 unspecified atom stereocenters. The van der Waals surface area contributed by atoms with Gasteiger partial charge in [0.15, 0.2) is 0 Å². The van der Waals surface area contributed by atoms with Crippen LogP contribution in [0.4, 0.5) is 0 Å². The van der Waals surface area contributed by atoms with E-state index in [-0.39, 0.29) is 6.54 Å². The molecule has 0 heterocycles. The molecule has 0 aromatic carbocycles. The molecule has 0 spiro atoms. The van der Waals surface area contributed by atoms with E-state index in [2.05, 4.69) is 24.1 Å². The molecule has 0 atom stereocenters. The first-order valence-corrected chi connectivity index (χ1v) is 9.31. The fourth-order valence-corrected chi connectivity index (χ4v) is 4.19. The van der Waals surface area contributed by atoms with E-state index in [0.717, 1.165) is 31.2 Å². The van der Waals surface area contributed by atoms with Gasteiger partial charge < -0.3 is 10.4 Å². The van der Waals surface area contributed by atoms with Crippen molar-refractivity contribution >= 4 is 5.97 Å². The van der Waals surface area contributed by atoms with Crippen molar-refractivity contribution in [2.45, 2.75) is 77.3 Å². The number of hydrogen-bond donors (Lipinski definition) is 2. The molecular formula is C18H34N2O2. The molecule has 2 aliphatic rings. The maximum Gasteiger partial charge on any atom is 0.317 e. The standard InChI is InChI=1S/C18H34N2O2/c1-3-5-14-6-8-15(9-7-14)12-19-16-10-17(11-16)20(4-2)13-18(21)22/h14-17,19H,3-13H2,1-2H3,(H,21,22). The van der Waals surface area contributed by atoms with Crippen LogP contribution in [-0.2, 0) is 4.79 Å². The highest BCUT2D eigenvalue weighted by atomic mass is 16.4. The summed E-state index contributed by atoms with van der Waals surface area (Å²) in [5.41, 5.74) is 0. The maximum atomic E-state index is 10.8. The first kappa shape index (κ1) is 17.7. The second-order valence-electron chi connectivity index (χ2n) is 7.36. The van der Waals surface area contributed by atoms with E-state index < -0.39 is 5.97 Å². The van der Waals surface area contributed by atoms with Crippen LogP contribution in [0, 0.1) is 11.8 Å². The summed E-state index contributed by atoms with van der Waals surface area (Å²) < 4.78 is 0. The van der Waals surface area contributed by atoms with Gasteiger partial charge in [0.05, 0.1) is 6.54 Å². The van der Waals surface area contributed by atoms with Crippen LogP contribution in [0.25, 0.3) is 0 Å². The lowest BCUT2D eigenvalue weighted by atomic mass is 9.79. The fourth-order valence-electron chi connectivity index (χ4n) is 4.19. The van der Waals surface area contributed by atoms with Crippen molar-refractivity contribution in [3.63, 3.8) is 0 Å². The Morgan fingerprint density at radius 1 is 1.14 bits per heavy atom. The van der Waals surface area contributed by atoms with E-state index in [0.29, 0.717) is 12.1 Å². The number of hydrogen-bond acceptors (Lipinski definition) is 3. The third-order valence-corrected chi connectivity index (χ3v) is 5.73. The second kappa shape index (κ2) is 8.88. The normalized spacial score (nSPS) is 32.0. The van der Waals surface area contributed by atoms with Gasteiger partial charge in [-0.1, -0.05) is 39.5 Å². The molecular weight excluding hydrogens is 276 g/mol. The minimum Gasteiger partial charge on any atom is -0.480 e. The van der Waals surface area contributed by atoms with Crippen LogP contribution in [0.5, 0.6) is 0 Å². The summed E-state index contributed by atoms with van der Waals surface area (Å²) in [6.45, 7) is 6.55. The lowest BCUT2D eigenvalue weighted by Gasteiger charge is -2.43. The SMILES string of the molecule is CCCC1CCC(CNC2CC(N(CC)CC(=O)O)C2)CC1. The highest BCUT2D eigenvalue weighted by molar-refractivity contribution is 5.69. The minimum atomic E-state index is -0.706. The number of likely N-dealkylation sites (N-methyl/N-ethyl adjacent to an activating group) is 1. The number of nitrogens with one attached hydrogen (secondary N) is 1. The summed E-state index contributed by atoms with van der Waals surface area (Å²) in [5.74, 6) is 1.15. The van der Waals surface area contributed by atoms with E-state index in [1.807, 2.05) is 0 Å². The lowest BCUT2D eigenvalue weighted by molar-refractivity contribution is -0.139. The summed E-state index contributed by atoms with van der Waals surface area (Å²) in [6, 6.07) is 1.08. The molecule has 0 aromatic heterocycles. The Hall–Kier alpha value is -0.610. The molecule has 22 heavy (non-hydrogen) atoms. The summed E-state index contributed by atoms with van der Waals surface area (Å²) >= 11 is 0. The molecule has 2 saturated carbocycles. The summed E-state index contributed by atoms with van der Waals surface area (Å²) in [4.78, 5) is 12.9. The van der Waals surface area contributed by atoms with E-state index in [4.69, 9.17) is 5.11 Å². The van der Waals surface area contributed by atoms with Gasteiger partial charge in [0.25, 0.3) is 0 Å². The molecule has 0 aromatic rings. The van der Waals surface area contributed by atoms with Gasteiger partial charge in [0.1, 0.15) is 0 Å². The number of rotatable bonds is 9. The Bertz CT molecular complexity index is 334. The van der Waals surface area contributed by atoms with Crippen LogP contribution >= 0.6 is 0 Å². The zero-order valence-corrected chi connectivity index (χ0v) is 14.4. The molecule has 0 aliphatic heterocycles. The van der Waals surface area contributed by atoms with Gasteiger partial charge in [0, 0.05) is 12.1 Å². The van der Waals surface area contributed by atoms with Gasteiger partial charge in [-0.05, 0) is 50.6 Å². The highest BCUT2D eigenvalue weighted by Crippen LogP contribution is 2.32. The van der Waals surface area contributed by atoms with Gasteiger partial charge in [-0.3, -0.25) is 9.69 Å². The van der Waals surface area contributed by atoms with Crippen molar-refractivity contribution in [1.29, 1.82) is 0 Å². The number of nitrogens with zero attached hydrogens (tertiary/aromatic N) is 1. The summed E-state index contributed by atoms with van der Waals surface area (Å²) in [7, 11) is 0. The second-order valence-corrected chi connectivity index (χ2v) is 7.36. The van der Waals surface area contributed by atoms with Crippen molar-refractivity contribution in [3.8, 4) is 0 Å². The van der Waals surface area contributed by atoms with Crippen LogP contribution in [-0.4, -0.2) is 47.7 Å². The Balaban J connectivity index is 1.58. The Kier molecular flexibility index (Phi) is 7.16. The Morgan fingerprint density at radius 3 is 2.32 bits per heavy atom. The monoisotopic (exact) mass is 310 g/mol. The van der Waals surface area contributed by atoms with Gasteiger partial charge in [-0.15, -0.1) is 0 Å². The predicted molar refractivity (Wildman–Crippen MR) is 90.1 cm³/mol. The predicted octanol–water partition coefficient (Wildman–Crippen LogP) is 3.12. The zero-order valence-electron chi connectivity index (χ0n) is 14.4. The zero-order chi connectivity index (χ0) is 15.9. The maximum absolute atomic E-state index is 10.8. The van der Waals surface area contributed by atoms with Gasteiger partial charge >= 0.3 is 5.97 Å². The molecule has 4 heteroatoms. The number of aliphatic carboxylic acids is 1. The number of carbonyl (C=O) groups is 1. The highest BCUT2D eigenvalue weighted by Gasteiger charge is 2.34.